The minimum Gasteiger partial charge on any atom is -0.484 e. The summed E-state index contributed by atoms with van der Waals surface area (Å²) in [7, 11) is 0. The van der Waals surface area contributed by atoms with E-state index in [1.807, 2.05) is 36.4 Å². The molecule has 0 heterocycles. The van der Waals surface area contributed by atoms with Crippen molar-refractivity contribution in [2.24, 2.45) is 0 Å². The minimum atomic E-state index is -0.162. The van der Waals surface area contributed by atoms with E-state index in [0.29, 0.717) is 30.5 Å². The molecule has 2 aromatic rings. The van der Waals surface area contributed by atoms with E-state index in [1.165, 1.54) is 0 Å². The number of benzene rings is 2. The van der Waals surface area contributed by atoms with Gasteiger partial charge in [0.1, 0.15) is 11.5 Å². The molecule has 0 spiro atoms. The zero-order chi connectivity index (χ0) is 19.8. The van der Waals surface area contributed by atoms with Gasteiger partial charge < -0.3 is 20.1 Å². The highest BCUT2D eigenvalue weighted by Crippen LogP contribution is 2.18. The Morgan fingerprint density at radius 2 is 1.46 bits per heavy atom. The lowest BCUT2D eigenvalue weighted by molar-refractivity contribution is -0.123. The Labute approximate surface area is 172 Å². The second-order valence-electron chi connectivity index (χ2n) is 6.62. The molecule has 0 bridgehead atoms. The van der Waals surface area contributed by atoms with Crippen molar-refractivity contribution in [1.29, 1.82) is 0 Å². The van der Waals surface area contributed by atoms with Crippen LogP contribution >= 0.6 is 15.9 Å². The third kappa shape index (κ3) is 7.23. The Kier molecular flexibility index (Phi) is 7.31. The molecule has 2 aromatic carbocycles. The van der Waals surface area contributed by atoms with Crippen molar-refractivity contribution in [2.75, 3.05) is 19.8 Å². The zero-order valence-electron chi connectivity index (χ0n) is 15.4. The highest BCUT2D eigenvalue weighted by molar-refractivity contribution is 9.10. The Balaban J connectivity index is 1.31. The zero-order valence-corrected chi connectivity index (χ0v) is 17.0. The summed E-state index contributed by atoms with van der Waals surface area (Å²) in [5, 5.41) is 5.71. The molecule has 1 fully saturated rings. The number of carbonyl (C=O) groups is 2. The topological polar surface area (TPSA) is 76.7 Å². The SMILES string of the molecule is O=C(COc1ccc(Br)cc1)NCCc1ccc(OCC(=O)NC2CC2)cc1. The summed E-state index contributed by atoms with van der Waals surface area (Å²) in [4.78, 5) is 23.5. The normalized spacial score (nSPS) is 12.9. The third-order valence-electron chi connectivity index (χ3n) is 4.16. The second-order valence-corrected chi connectivity index (χ2v) is 7.53. The van der Waals surface area contributed by atoms with Crippen molar-refractivity contribution >= 4 is 27.7 Å². The molecule has 0 aliphatic heterocycles. The van der Waals surface area contributed by atoms with Crippen LogP contribution in [-0.4, -0.2) is 37.6 Å². The molecule has 1 aliphatic rings. The maximum Gasteiger partial charge on any atom is 0.258 e. The number of ether oxygens (including phenoxy) is 2. The van der Waals surface area contributed by atoms with Gasteiger partial charge in [-0.2, -0.15) is 0 Å². The molecule has 148 valence electrons. The summed E-state index contributed by atoms with van der Waals surface area (Å²) in [5.74, 6) is 1.06. The predicted molar refractivity (Wildman–Crippen MR) is 109 cm³/mol. The van der Waals surface area contributed by atoms with Gasteiger partial charge in [0.2, 0.25) is 0 Å². The fourth-order valence-electron chi connectivity index (χ4n) is 2.48. The van der Waals surface area contributed by atoms with E-state index in [1.54, 1.807) is 12.1 Å². The molecule has 0 saturated heterocycles. The van der Waals surface area contributed by atoms with Gasteiger partial charge in [0.15, 0.2) is 13.2 Å². The summed E-state index contributed by atoms with van der Waals surface area (Å²) >= 11 is 3.35. The number of carbonyl (C=O) groups excluding carboxylic acids is 2. The van der Waals surface area contributed by atoms with E-state index in [0.717, 1.165) is 22.9 Å². The van der Waals surface area contributed by atoms with Crippen molar-refractivity contribution in [3.63, 3.8) is 0 Å². The van der Waals surface area contributed by atoms with E-state index in [2.05, 4.69) is 26.6 Å². The van der Waals surface area contributed by atoms with Crippen LogP contribution in [0.4, 0.5) is 0 Å². The first-order valence-corrected chi connectivity index (χ1v) is 10.0. The molecule has 7 heteroatoms. The molecule has 6 nitrogen and oxygen atoms in total. The molecule has 2 N–H and O–H groups in total. The smallest absolute Gasteiger partial charge is 0.258 e. The maximum atomic E-state index is 11.9. The highest BCUT2D eigenvalue weighted by Gasteiger charge is 2.23. The van der Waals surface area contributed by atoms with Crippen LogP contribution in [0.25, 0.3) is 0 Å². The van der Waals surface area contributed by atoms with Gasteiger partial charge >= 0.3 is 0 Å². The van der Waals surface area contributed by atoms with Gasteiger partial charge in [-0.3, -0.25) is 9.59 Å². The lowest BCUT2D eigenvalue weighted by Crippen LogP contribution is -2.30. The van der Waals surface area contributed by atoms with Crippen LogP contribution in [0, 0.1) is 0 Å². The molecule has 1 saturated carbocycles. The fraction of sp³-hybridized carbons (Fsp3) is 0.333. The largest absolute Gasteiger partial charge is 0.484 e. The van der Waals surface area contributed by atoms with Gasteiger partial charge in [-0.05, 0) is 61.2 Å². The Hall–Kier alpha value is -2.54. The van der Waals surface area contributed by atoms with Gasteiger partial charge in [-0.1, -0.05) is 28.1 Å². The Morgan fingerprint density at radius 1 is 0.893 bits per heavy atom. The average Bonchev–Trinajstić information content (AvgIpc) is 3.51. The lowest BCUT2D eigenvalue weighted by Gasteiger charge is -2.09. The van der Waals surface area contributed by atoms with E-state index >= 15 is 0 Å². The van der Waals surface area contributed by atoms with E-state index < -0.39 is 0 Å². The van der Waals surface area contributed by atoms with Crippen molar-refractivity contribution < 1.29 is 19.1 Å². The van der Waals surface area contributed by atoms with Crippen LogP contribution < -0.4 is 20.1 Å². The number of rotatable bonds is 10. The van der Waals surface area contributed by atoms with Gasteiger partial charge in [-0.15, -0.1) is 0 Å². The van der Waals surface area contributed by atoms with Gasteiger partial charge in [0, 0.05) is 17.1 Å². The summed E-state index contributed by atoms with van der Waals surface area (Å²) in [6.07, 6.45) is 2.83. The van der Waals surface area contributed by atoms with Crippen LogP contribution in [0.5, 0.6) is 11.5 Å². The highest BCUT2D eigenvalue weighted by atomic mass is 79.9. The molecule has 28 heavy (non-hydrogen) atoms. The number of nitrogens with one attached hydrogen (secondary N) is 2. The summed E-state index contributed by atoms with van der Waals surface area (Å²) in [5.41, 5.74) is 1.07. The van der Waals surface area contributed by atoms with Gasteiger partial charge in [0.25, 0.3) is 11.8 Å². The molecule has 3 rings (SSSR count). The van der Waals surface area contributed by atoms with Crippen LogP contribution in [0.2, 0.25) is 0 Å². The Bertz CT molecular complexity index is 789. The molecular formula is C21H23BrN2O4. The first-order valence-electron chi connectivity index (χ1n) is 9.24. The minimum absolute atomic E-state index is 0.0165. The molecule has 0 atom stereocenters. The number of hydrogen-bond acceptors (Lipinski definition) is 4. The molecule has 1 aliphatic carbocycles. The van der Waals surface area contributed by atoms with Crippen LogP contribution in [0.1, 0.15) is 18.4 Å². The molecule has 0 aromatic heterocycles. The first-order chi connectivity index (χ1) is 13.6. The molecule has 0 radical (unpaired) electrons. The Morgan fingerprint density at radius 3 is 2.07 bits per heavy atom. The monoisotopic (exact) mass is 446 g/mol. The summed E-state index contributed by atoms with van der Waals surface area (Å²) in [6, 6.07) is 15.2. The first kappa shape index (κ1) is 20.2. The molecule has 2 amide bonds. The van der Waals surface area contributed by atoms with Gasteiger partial charge in [-0.25, -0.2) is 0 Å². The van der Waals surface area contributed by atoms with Crippen molar-refractivity contribution in [3.05, 3.63) is 58.6 Å². The van der Waals surface area contributed by atoms with Crippen LogP contribution in [0.3, 0.4) is 0 Å². The molecule has 0 unspecified atom stereocenters. The fourth-order valence-corrected chi connectivity index (χ4v) is 2.74. The predicted octanol–water partition coefficient (Wildman–Crippen LogP) is 2.84. The number of amides is 2. The standard InChI is InChI=1S/C21H23BrN2O4/c22-16-3-9-19(10-4-16)27-13-20(25)23-12-11-15-1-7-18(8-2-15)28-14-21(26)24-17-5-6-17/h1-4,7-10,17H,5-6,11-14H2,(H,23,25)(H,24,26). The molecular weight excluding hydrogens is 424 g/mol. The summed E-state index contributed by atoms with van der Waals surface area (Å²) < 4.78 is 11.9. The average molecular weight is 447 g/mol. The van der Waals surface area contributed by atoms with Crippen molar-refractivity contribution in [3.8, 4) is 11.5 Å². The number of halogens is 1. The van der Waals surface area contributed by atoms with Gasteiger partial charge in [0.05, 0.1) is 0 Å². The van der Waals surface area contributed by atoms with Crippen molar-refractivity contribution in [1.82, 2.24) is 10.6 Å². The number of hydrogen-bond donors (Lipinski definition) is 2. The van der Waals surface area contributed by atoms with E-state index in [4.69, 9.17) is 9.47 Å². The quantitative estimate of drug-likeness (QED) is 0.588. The van der Waals surface area contributed by atoms with E-state index in [-0.39, 0.29) is 25.0 Å². The van der Waals surface area contributed by atoms with Crippen LogP contribution in [-0.2, 0) is 16.0 Å². The van der Waals surface area contributed by atoms with Crippen molar-refractivity contribution in [2.45, 2.75) is 25.3 Å². The van der Waals surface area contributed by atoms with Crippen LogP contribution in [0.15, 0.2) is 53.0 Å². The summed E-state index contributed by atoms with van der Waals surface area (Å²) in [6.45, 7) is 0.536. The second kappa shape index (κ2) is 10.1. The lowest BCUT2D eigenvalue weighted by atomic mass is 10.1. The maximum absolute atomic E-state index is 11.9. The third-order valence-corrected chi connectivity index (χ3v) is 4.68. The van der Waals surface area contributed by atoms with E-state index in [9.17, 15) is 9.59 Å².